The van der Waals surface area contributed by atoms with Gasteiger partial charge in [0, 0.05) is 25.1 Å². The third kappa shape index (κ3) is 4.25. The highest BCUT2D eigenvalue weighted by Crippen LogP contribution is 2.31. The lowest BCUT2D eigenvalue weighted by molar-refractivity contribution is -0.116. The van der Waals surface area contributed by atoms with Crippen LogP contribution in [0, 0.1) is 11.6 Å². The SMILES string of the molecule is O=C(CCNC(=O)c1ccc(F)cc1F)Nc1ccnn1C1CCCC1. The van der Waals surface area contributed by atoms with Crippen molar-refractivity contribution >= 4 is 17.6 Å². The van der Waals surface area contributed by atoms with Gasteiger partial charge in [-0.1, -0.05) is 12.8 Å². The quantitative estimate of drug-likeness (QED) is 0.829. The molecule has 2 amide bonds. The van der Waals surface area contributed by atoms with Crippen LogP contribution in [-0.4, -0.2) is 28.1 Å². The van der Waals surface area contributed by atoms with Crippen molar-refractivity contribution < 1.29 is 18.4 Å². The van der Waals surface area contributed by atoms with Crippen molar-refractivity contribution in [3.63, 3.8) is 0 Å². The smallest absolute Gasteiger partial charge is 0.254 e. The monoisotopic (exact) mass is 362 g/mol. The summed E-state index contributed by atoms with van der Waals surface area (Å²) in [5.41, 5.74) is -0.258. The van der Waals surface area contributed by atoms with Crippen LogP contribution in [-0.2, 0) is 4.79 Å². The molecule has 0 atom stereocenters. The fraction of sp³-hybridized carbons (Fsp3) is 0.389. The number of aromatic nitrogens is 2. The Morgan fingerprint density at radius 3 is 2.69 bits per heavy atom. The number of amides is 2. The van der Waals surface area contributed by atoms with E-state index in [-0.39, 0.29) is 24.4 Å². The van der Waals surface area contributed by atoms with Crippen molar-refractivity contribution in [1.29, 1.82) is 0 Å². The Balaban J connectivity index is 1.49. The van der Waals surface area contributed by atoms with Crippen LogP contribution in [0.2, 0.25) is 0 Å². The van der Waals surface area contributed by atoms with Gasteiger partial charge in [0.05, 0.1) is 17.8 Å². The summed E-state index contributed by atoms with van der Waals surface area (Å²) in [5.74, 6) is -2.02. The first-order valence-corrected chi connectivity index (χ1v) is 8.61. The second-order valence-corrected chi connectivity index (χ2v) is 6.28. The van der Waals surface area contributed by atoms with Crippen LogP contribution in [0.3, 0.4) is 0 Å². The number of anilines is 1. The molecule has 0 aliphatic heterocycles. The van der Waals surface area contributed by atoms with Gasteiger partial charge in [0.2, 0.25) is 5.91 Å². The van der Waals surface area contributed by atoms with Gasteiger partial charge in [-0.3, -0.25) is 9.59 Å². The van der Waals surface area contributed by atoms with E-state index in [9.17, 15) is 18.4 Å². The van der Waals surface area contributed by atoms with Crippen LogP contribution >= 0.6 is 0 Å². The molecule has 3 rings (SSSR count). The number of benzene rings is 1. The van der Waals surface area contributed by atoms with E-state index in [2.05, 4.69) is 15.7 Å². The van der Waals surface area contributed by atoms with Gasteiger partial charge >= 0.3 is 0 Å². The van der Waals surface area contributed by atoms with Gasteiger partial charge in [-0.15, -0.1) is 0 Å². The summed E-state index contributed by atoms with van der Waals surface area (Å²) in [5, 5.41) is 9.52. The minimum Gasteiger partial charge on any atom is -0.351 e. The highest BCUT2D eigenvalue weighted by Gasteiger charge is 2.20. The topological polar surface area (TPSA) is 76.0 Å². The molecule has 1 aromatic heterocycles. The molecule has 26 heavy (non-hydrogen) atoms. The molecule has 1 aromatic carbocycles. The zero-order chi connectivity index (χ0) is 18.5. The molecule has 0 bridgehead atoms. The van der Waals surface area contributed by atoms with Crippen molar-refractivity contribution in [2.75, 3.05) is 11.9 Å². The Morgan fingerprint density at radius 2 is 1.96 bits per heavy atom. The molecule has 0 spiro atoms. The van der Waals surface area contributed by atoms with Crippen LogP contribution in [0.4, 0.5) is 14.6 Å². The standard InChI is InChI=1S/C18H20F2N4O2/c19-12-5-6-14(15(20)11-12)18(26)21-9-8-17(25)23-16-7-10-22-24(16)13-3-1-2-4-13/h5-7,10-11,13H,1-4,8-9H2,(H,21,26)(H,23,25). The van der Waals surface area contributed by atoms with E-state index in [1.54, 1.807) is 12.3 Å². The average Bonchev–Trinajstić information content (AvgIpc) is 3.25. The molecular weight excluding hydrogens is 342 g/mol. The minimum atomic E-state index is -0.938. The number of carbonyl (C=O) groups excluding carboxylic acids is 2. The maximum atomic E-state index is 13.5. The highest BCUT2D eigenvalue weighted by atomic mass is 19.1. The van der Waals surface area contributed by atoms with E-state index >= 15 is 0 Å². The number of halogens is 2. The molecule has 1 saturated carbocycles. The molecule has 6 nitrogen and oxygen atoms in total. The molecule has 8 heteroatoms. The Bertz CT molecular complexity index is 800. The highest BCUT2D eigenvalue weighted by molar-refractivity contribution is 5.95. The number of nitrogens with zero attached hydrogens (tertiary/aromatic N) is 2. The second kappa shape index (κ2) is 8.07. The Kier molecular flexibility index (Phi) is 5.60. The summed E-state index contributed by atoms with van der Waals surface area (Å²) >= 11 is 0. The molecule has 0 unspecified atom stereocenters. The number of nitrogens with one attached hydrogen (secondary N) is 2. The van der Waals surface area contributed by atoms with Crippen molar-refractivity contribution in [3.05, 3.63) is 47.7 Å². The number of hydrogen-bond acceptors (Lipinski definition) is 3. The van der Waals surface area contributed by atoms with Crippen LogP contribution < -0.4 is 10.6 Å². The lowest BCUT2D eigenvalue weighted by atomic mass is 10.2. The van der Waals surface area contributed by atoms with E-state index in [0.29, 0.717) is 17.9 Å². The third-order valence-electron chi connectivity index (χ3n) is 4.42. The Morgan fingerprint density at radius 1 is 1.19 bits per heavy atom. The van der Waals surface area contributed by atoms with E-state index in [1.807, 2.05) is 4.68 Å². The average molecular weight is 362 g/mol. The summed E-state index contributed by atoms with van der Waals surface area (Å²) in [6, 6.07) is 4.77. The van der Waals surface area contributed by atoms with Gasteiger partial charge in [-0.2, -0.15) is 5.10 Å². The molecule has 2 aromatic rings. The molecule has 1 aliphatic carbocycles. The van der Waals surface area contributed by atoms with Gasteiger partial charge in [-0.05, 0) is 25.0 Å². The minimum absolute atomic E-state index is 0.0321. The molecule has 138 valence electrons. The van der Waals surface area contributed by atoms with Crippen molar-refractivity contribution in [2.24, 2.45) is 0 Å². The van der Waals surface area contributed by atoms with Crippen LogP contribution in [0.15, 0.2) is 30.5 Å². The fourth-order valence-corrected chi connectivity index (χ4v) is 3.12. The largest absolute Gasteiger partial charge is 0.351 e. The van der Waals surface area contributed by atoms with Gasteiger partial charge in [0.25, 0.3) is 5.91 Å². The Labute approximate surface area is 149 Å². The van der Waals surface area contributed by atoms with Crippen molar-refractivity contribution in [1.82, 2.24) is 15.1 Å². The third-order valence-corrected chi connectivity index (χ3v) is 4.42. The van der Waals surface area contributed by atoms with Gasteiger partial charge in [0.15, 0.2) is 0 Å². The lowest BCUT2D eigenvalue weighted by Crippen LogP contribution is -2.28. The number of carbonyl (C=O) groups is 2. The van der Waals surface area contributed by atoms with Crippen molar-refractivity contribution in [2.45, 2.75) is 38.1 Å². The summed E-state index contributed by atoms with van der Waals surface area (Å²) in [6.45, 7) is 0.0407. The molecule has 1 heterocycles. The summed E-state index contributed by atoms with van der Waals surface area (Å²) < 4.78 is 28.2. The van der Waals surface area contributed by atoms with Gasteiger partial charge in [-0.25, -0.2) is 13.5 Å². The summed E-state index contributed by atoms with van der Waals surface area (Å²) in [4.78, 5) is 24.0. The Hall–Kier alpha value is -2.77. The lowest BCUT2D eigenvalue weighted by Gasteiger charge is -2.14. The van der Waals surface area contributed by atoms with E-state index in [0.717, 1.165) is 37.8 Å². The van der Waals surface area contributed by atoms with Crippen LogP contribution in [0.1, 0.15) is 48.5 Å². The second-order valence-electron chi connectivity index (χ2n) is 6.28. The number of hydrogen-bond donors (Lipinski definition) is 2. The molecule has 1 aliphatic rings. The molecule has 2 N–H and O–H groups in total. The van der Waals surface area contributed by atoms with Gasteiger partial charge in [0.1, 0.15) is 17.5 Å². The first-order chi connectivity index (χ1) is 12.5. The van der Waals surface area contributed by atoms with Gasteiger partial charge < -0.3 is 10.6 Å². The zero-order valence-corrected chi connectivity index (χ0v) is 14.2. The predicted molar refractivity (Wildman–Crippen MR) is 91.7 cm³/mol. The van der Waals surface area contributed by atoms with Crippen LogP contribution in [0.25, 0.3) is 0 Å². The fourth-order valence-electron chi connectivity index (χ4n) is 3.12. The maximum Gasteiger partial charge on any atom is 0.254 e. The first-order valence-electron chi connectivity index (χ1n) is 8.61. The normalized spacial score (nSPS) is 14.4. The summed E-state index contributed by atoms with van der Waals surface area (Å²) in [6.07, 6.45) is 6.08. The maximum absolute atomic E-state index is 13.5. The van der Waals surface area contributed by atoms with Crippen molar-refractivity contribution in [3.8, 4) is 0 Å². The number of rotatable bonds is 6. The molecular formula is C18H20F2N4O2. The molecule has 0 radical (unpaired) electrons. The zero-order valence-electron chi connectivity index (χ0n) is 14.2. The molecule has 0 saturated heterocycles. The summed E-state index contributed by atoms with van der Waals surface area (Å²) in [7, 11) is 0. The predicted octanol–water partition coefficient (Wildman–Crippen LogP) is 3.04. The molecule has 1 fully saturated rings. The first kappa shape index (κ1) is 18.0. The van der Waals surface area contributed by atoms with E-state index in [4.69, 9.17) is 0 Å². The van der Waals surface area contributed by atoms with E-state index in [1.165, 1.54) is 0 Å². The van der Waals surface area contributed by atoms with Crippen LogP contribution in [0.5, 0.6) is 0 Å². The van der Waals surface area contributed by atoms with E-state index < -0.39 is 17.5 Å².